The van der Waals surface area contributed by atoms with Crippen LogP contribution >= 0.6 is 0 Å². The molecule has 2 aromatic rings. The molecule has 4 nitrogen and oxygen atoms in total. The summed E-state index contributed by atoms with van der Waals surface area (Å²) in [7, 11) is 1.62. The zero-order valence-corrected chi connectivity index (χ0v) is 15.3. The van der Waals surface area contributed by atoms with Crippen molar-refractivity contribution in [1.29, 1.82) is 0 Å². The number of ether oxygens (including phenoxy) is 2. The van der Waals surface area contributed by atoms with Crippen LogP contribution in [0, 0.1) is 0 Å². The van der Waals surface area contributed by atoms with Crippen molar-refractivity contribution < 1.29 is 14.3 Å². The molecular weight excluding hydrogens is 314 g/mol. The zero-order valence-electron chi connectivity index (χ0n) is 15.3. The van der Waals surface area contributed by atoms with Gasteiger partial charge >= 0.3 is 5.97 Å². The van der Waals surface area contributed by atoms with Crippen LogP contribution in [0.3, 0.4) is 0 Å². The Hall–Kier alpha value is -2.33. The van der Waals surface area contributed by atoms with Crippen LogP contribution < -0.4 is 4.74 Å². The first kappa shape index (κ1) is 19.0. The highest BCUT2D eigenvalue weighted by atomic mass is 16.5. The number of hydrogen-bond donors (Lipinski definition) is 0. The summed E-state index contributed by atoms with van der Waals surface area (Å²) in [6, 6.07) is 17.3. The van der Waals surface area contributed by atoms with Crippen LogP contribution in [0.4, 0.5) is 0 Å². The minimum Gasteiger partial charge on any atom is -0.497 e. The molecule has 0 aliphatic heterocycles. The monoisotopic (exact) mass is 341 g/mol. The van der Waals surface area contributed by atoms with Gasteiger partial charge in [0.2, 0.25) is 0 Å². The van der Waals surface area contributed by atoms with Gasteiger partial charge in [0.15, 0.2) is 0 Å². The molecule has 0 saturated heterocycles. The third kappa shape index (κ3) is 5.33. The molecule has 1 unspecified atom stereocenters. The van der Waals surface area contributed by atoms with Crippen molar-refractivity contribution >= 4 is 5.97 Å². The van der Waals surface area contributed by atoms with Gasteiger partial charge in [0, 0.05) is 6.54 Å². The molecule has 0 saturated carbocycles. The van der Waals surface area contributed by atoms with Gasteiger partial charge in [0.25, 0.3) is 0 Å². The lowest BCUT2D eigenvalue weighted by Gasteiger charge is -2.20. The van der Waals surface area contributed by atoms with Crippen molar-refractivity contribution in [2.45, 2.75) is 19.8 Å². The van der Waals surface area contributed by atoms with Crippen LogP contribution in [0.5, 0.6) is 5.75 Å². The van der Waals surface area contributed by atoms with Crippen LogP contribution in [-0.4, -0.2) is 44.2 Å². The Kier molecular flexibility index (Phi) is 7.48. The van der Waals surface area contributed by atoms with Gasteiger partial charge in [-0.2, -0.15) is 0 Å². The summed E-state index contributed by atoms with van der Waals surface area (Å²) in [5.74, 6) is 0.0500. The number of esters is 1. The lowest BCUT2D eigenvalue weighted by molar-refractivity contribution is -0.144. The molecule has 1 atom stereocenters. The molecule has 0 bridgehead atoms. The molecule has 0 radical (unpaired) electrons. The first-order chi connectivity index (χ1) is 12.2. The van der Waals surface area contributed by atoms with Gasteiger partial charge in [0.1, 0.15) is 18.3 Å². The van der Waals surface area contributed by atoms with E-state index in [1.165, 1.54) is 0 Å². The summed E-state index contributed by atoms with van der Waals surface area (Å²) in [6.07, 6.45) is 0. The normalized spacial score (nSPS) is 12.0. The lowest BCUT2D eigenvalue weighted by atomic mass is 9.91. The van der Waals surface area contributed by atoms with Gasteiger partial charge in [-0.1, -0.05) is 56.3 Å². The van der Waals surface area contributed by atoms with Gasteiger partial charge in [-0.15, -0.1) is 0 Å². The van der Waals surface area contributed by atoms with Crippen LogP contribution in [0.25, 0.3) is 0 Å². The maximum absolute atomic E-state index is 12.8. The van der Waals surface area contributed by atoms with E-state index in [-0.39, 0.29) is 5.97 Å². The molecular formula is C21H27NO3. The van der Waals surface area contributed by atoms with Gasteiger partial charge in [-0.05, 0) is 36.3 Å². The van der Waals surface area contributed by atoms with Crippen molar-refractivity contribution in [2.75, 3.05) is 33.4 Å². The summed E-state index contributed by atoms with van der Waals surface area (Å²) in [4.78, 5) is 15.1. The number of hydrogen-bond acceptors (Lipinski definition) is 4. The van der Waals surface area contributed by atoms with Gasteiger partial charge in [-0.3, -0.25) is 4.79 Å². The summed E-state index contributed by atoms with van der Waals surface area (Å²) >= 11 is 0. The number of methoxy groups -OCH3 is 1. The average Bonchev–Trinajstić information content (AvgIpc) is 2.66. The van der Waals surface area contributed by atoms with Crippen molar-refractivity contribution in [1.82, 2.24) is 4.90 Å². The Morgan fingerprint density at radius 1 is 1.00 bits per heavy atom. The molecule has 0 heterocycles. The van der Waals surface area contributed by atoms with Crippen molar-refractivity contribution in [2.24, 2.45) is 0 Å². The zero-order chi connectivity index (χ0) is 18.1. The maximum Gasteiger partial charge on any atom is 0.317 e. The average molecular weight is 341 g/mol. The predicted octanol–water partition coefficient (Wildman–Crippen LogP) is 3.71. The second-order valence-electron chi connectivity index (χ2n) is 5.81. The Morgan fingerprint density at radius 3 is 2.32 bits per heavy atom. The second-order valence-corrected chi connectivity index (χ2v) is 5.81. The lowest BCUT2D eigenvalue weighted by Crippen LogP contribution is -2.29. The molecule has 0 spiro atoms. The molecule has 134 valence electrons. The van der Waals surface area contributed by atoms with E-state index in [0.29, 0.717) is 6.61 Å². The van der Waals surface area contributed by atoms with Gasteiger partial charge < -0.3 is 14.4 Å². The third-order valence-corrected chi connectivity index (χ3v) is 4.34. The molecule has 2 rings (SSSR count). The number of likely N-dealkylation sites (N-methyl/N-ethyl adjacent to an activating group) is 1. The van der Waals surface area contributed by atoms with E-state index in [1.807, 2.05) is 54.6 Å². The minimum atomic E-state index is -0.451. The summed E-state index contributed by atoms with van der Waals surface area (Å²) in [6.45, 7) is 7.26. The van der Waals surface area contributed by atoms with E-state index in [9.17, 15) is 4.79 Å². The number of nitrogens with zero attached hydrogens (tertiary/aromatic N) is 1. The first-order valence-corrected chi connectivity index (χ1v) is 8.77. The highest BCUT2D eigenvalue weighted by Crippen LogP contribution is 2.28. The number of rotatable bonds is 9. The molecule has 0 fully saturated rings. The van der Waals surface area contributed by atoms with E-state index in [4.69, 9.17) is 9.47 Å². The smallest absolute Gasteiger partial charge is 0.317 e. The Bertz CT molecular complexity index is 653. The highest BCUT2D eigenvalue weighted by Gasteiger charge is 2.24. The Morgan fingerprint density at radius 2 is 1.68 bits per heavy atom. The molecule has 0 aliphatic rings. The van der Waals surface area contributed by atoms with Gasteiger partial charge in [-0.25, -0.2) is 0 Å². The quantitative estimate of drug-likeness (QED) is 0.652. The largest absolute Gasteiger partial charge is 0.497 e. The fourth-order valence-electron chi connectivity index (χ4n) is 2.83. The minimum absolute atomic E-state index is 0.230. The molecule has 0 N–H and O–H groups in total. The number of carbonyl (C=O) groups excluding carboxylic acids is 1. The maximum atomic E-state index is 12.8. The summed E-state index contributed by atoms with van der Waals surface area (Å²) in [5, 5.41) is 0. The van der Waals surface area contributed by atoms with Crippen LogP contribution in [-0.2, 0) is 9.53 Å². The van der Waals surface area contributed by atoms with Crippen LogP contribution in [0.1, 0.15) is 30.9 Å². The summed E-state index contributed by atoms with van der Waals surface area (Å²) in [5.41, 5.74) is 1.79. The fourth-order valence-corrected chi connectivity index (χ4v) is 2.83. The molecule has 2 aromatic carbocycles. The SMILES string of the molecule is CCN(CC)CCOC(=O)C(c1ccccc1)c1cccc(OC)c1. The van der Waals surface area contributed by atoms with Gasteiger partial charge in [0.05, 0.1) is 7.11 Å². The number of benzene rings is 2. The molecule has 0 amide bonds. The topological polar surface area (TPSA) is 38.8 Å². The Labute approximate surface area is 150 Å². The second kappa shape index (κ2) is 9.84. The van der Waals surface area contributed by atoms with E-state index in [0.717, 1.165) is 36.5 Å². The van der Waals surface area contributed by atoms with E-state index in [2.05, 4.69) is 18.7 Å². The van der Waals surface area contributed by atoms with Crippen molar-refractivity contribution in [3.05, 3.63) is 65.7 Å². The number of carbonyl (C=O) groups is 1. The molecule has 0 aliphatic carbocycles. The highest BCUT2D eigenvalue weighted by molar-refractivity contribution is 5.82. The van der Waals surface area contributed by atoms with E-state index >= 15 is 0 Å². The molecule has 4 heteroatoms. The van der Waals surface area contributed by atoms with E-state index in [1.54, 1.807) is 7.11 Å². The first-order valence-electron chi connectivity index (χ1n) is 8.77. The van der Waals surface area contributed by atoms with Crippen LogP contribution in [0.2, 0.25) is 0 Å². The van der Waals surface area contributed by atoms with Crippen molar-refractivity contribution in [3.63, 3.8) is 0 Å². The van der Waals surface area contributed by atoms with E-state index < -0.39 is 5.92 Å². The Balaban J connectivity index is 2.18. The van der Waals surface area contributed by atoms with Crippen LogP contribution in [0.15, 0.2) is 54.6 Å². The molecule has 0 aromatic heterocycles. The standard InChI is InChI=1S/C21H27NO3/c1-4-22(5-2)14-15-25-21(23)20(17-10-7-6-8-11-17)18-12-9-13-19(16-18)24-3/h6-13,16,20H,4-5,14-15H2,1-3H3. The fraction of sp³-hybridized carbons (Fsp3) is 0.381. The summed E-state index contributed by atoms with van der Waals surface area (Å²) < 4.78 is 10.9. The predicted molar refractivity (Wildman–Crippen MR) is 100 cm³/mol. The van der Waals surface area contributed by atoms with Crippen molar-refractivity contribution in [3.8, 4) is 5.75 Å². The third-order valence-electron chi connectivity index (χ3n) is 4.34. The molecule has 25 heavy (non-hydrogen) atoms.